The Kier molecular flexibility index (Phi) is 4.37. The fourth-order valence-corrected chi connectivity index (χ4v) is 2.42. The van der Waals surface area contributed by atoms with E-state index in [1.807, 2.05) is 54.6 Å². The van der Waals surface area contributed by atoms with Gasteiger partial charge in [0.15, 0.2) is 0 Å². The van der Waals surface area contributed by atoms with Crippen LogP contribution in [0.1, 0.15) is 5.56 Å². The summed E-state index contributed by atoms with van der Waals surface area (Å²) < 4.78 is 0. The first-order valence-corrected chi connectivity index (χ1v) is 7.31. The molecule has 3 nitrogen and oxygen atoms in total. The van der Waals surface area contributed by atoms with Crippen LogP contribution in [-0.2, 0) is 6.61 Å². The van der Waals surface area contributed by atoms with E-state index >= 15 is 0 Å². The first-order chi connectivity index (χ1) is 10.8. The van der Waals surface area contributed by atoms with Gasteiger partial charge < -0.3 is 10.4 Å². The largest absolute Gasteiger partial charge is 0.392 e. The monoisotopic (exact) mass is 310 g/mol. The summed E-state index contributed by atoms with van der Waals surface area (Å²) in [5, 5.41) is 13.5. The molecule has 2 N–H and O–H groups in total. The Morgan fingerprint density at radius 1 is 0.955 bits per heavy atom. The maximum atomic E-state index is 9.46. The fourth-order valence-electron chi connectivity index (χ4n) is 2.30. The Balaban J connectivity index is 1.91. The van der Waals surface area contributed by atoms with Crippen LogP contribution in [-0.4, -0.2) is 10.1 Å². The number of nitrogens with zero attached hydrogens (tertiary/aromatic N) is 1. The standard InChI is InChI=1S/C18H15ClN2O/c19-15-5-7-16(8-6-15)21-17-9-14(10-20-11-17)18-4-2-1-3-13(18)12-22/h1-11,21-22H,12H2. The molecule has 0 aliphatic rings. The third kappa shape index (κ3) is 3.27. The van der Waals surface area contributed by atoms with Gasteiger partial charge in [-0.05, 0) is 41.5 Å². The summed E-state index contributed by atoms with van der Waals surface area (Å²) in [6.07, 6.45) is 3.56. The molecule has 0 unspecified atom stereocenters. The van der Waals surface area contributed by atoms with E-state index < -0.39 is 0 Å². The average Bonchev–Trinajstić information content (AvgIpc) is 2.57. The van der Waals surface area contributed by atoms with Gasteiger partial charge in [-0.15, -0.1) is 0 Å². The maximum absolute atomic E-state index is 9.46. The minimum atomic E-state index is 0.00497. The van der Waals surface area contributed by atoms with E-state index in [4.69, 9.17) is 11.6 Å². The van der Waals surface area contributed by atoms with Gasteiger partial charge in [0.2, 0.25) is 0 Å². The predicted octanol–water partition coefficient (Wildman–Crippen LogP) is 4.64. The molecule has 4 heteroatoms. The van der Waals surface area contributed by atoms with Gasteiger partial charge in [-0.3, -0.25) is 4.98 Å². The summed E-state index contributed by atoms with van der Waals surface area (Å²) in [5.74, 6) is 0. The van der Waals surface area contributed by atoms with Gasteiger partial charge >= 0.3 is 0 Å². The van der Waals surface area contributed by atoms with E-state index in [-0.39, 0.29) is 6.61 Å². The molecule has 1 heterocycles. The summed E-state index contributed by atoms with van der Waals surface area (Å²) in [6.45, 7) is 0.00497. The highest BCUT2D eigenvalue weighted by atomic mass is 35.5. The van der Waals surface area contributed by atoms with Crippen molar-refractivity contribution in [1.29, 1.82) is 0 Å². The molecule has 110 valence electrons. The second kappa shape index (κ2) is 6.60. The van der Waals surface area contributed by atoms with Crippen molar-refractivity contribution in [1.82, 2.24) is 4.98 Å². The van der Waals surface area contributed by atoms with Crippen LogP contribution in [0.3, 0.4) is 0 Å². The Morgan fingerprint density at radius 2 is 1.73 bits per heavy atom. The molecule has 3 aromatic rings. The van der Waals surface area contributed by atoms with Crippen molar-refractivity contribution in [3.8, 4) is 11.1 Å². The van der Waals surface area contributed by atoms with Gasteiger partial charge in [0.1, 0.15) is 0 Å². The number of pyridine rings is 1. The average molecular weight is 311 g/mol. The minimum absolute atomic E-state index is 0.00497. The summed E-state index contributed by atoms with van der Waals surface area (Å²) in [5.41, 5.74) is 4.65. The normalized spacial score (nSPS) is 10.5. The highest BCUT2D eigenvalue weighted by Crippen LogP contribution is 2.26. The first-order valence-electron chi connectivity index (χ1n) is 6.93. The fraction of sp³-hybridized carbons (Fsp3) is 0.0556. The molecular weight excluding hydrogens is 296 g/mol. The molecule has 0 saturated heterocycles. The van der Waals surface area contributed by atoms with E-state index in [2.05, 4.69) is 10.3 Å². The number of hydrogen-bond acceptors (Lipinski definition) is 3. The second-order valence-corrected chi connectivity index (χ2v) is 5.35. The van der Waals surface area contributed by atoms with Gasteiger partial charge in [-0.2, -0.15) is 0 Å². The highest BCUT2D eigenvalue weighted by Gasteiger charge is 2.05. The maximum Gasteiger partial charge on any atom is 0.0687 e. The number of hydrogen-bond donors (Lipinski definition) is 2. The Hall–Kier alpha value is -2.36. The van der Waals surface area contributed by atoms with E-state index in [1.54, 1.807) is 12.4 Å². The van der Waals surface area contributed by atoms with Crippen molar-refractivity contribution in [3.05, 3.63) is 77.6 Å². The lowest BCUT2D eigenvalue weighted by Crippen LogP contribution is -1.93. The number of rotatable bonds is 4. The number of anilines is 2. The lowest BCUT2D eigenvalue weighted by Gasteiger charge is -2.10. The smallest absolute Gasteiger partial charge is 0.0687 e. The second-order valence-electron chi connectivity index (χ2n) is 4.91. The Labute approximate surface area is 134 Å². The topological polar surface area (TPSA) is 45.2 Å². The number of benzene rings is 2. The zero-order chi connectivity index (χ0) is 15.4. The van der Waals surface area contributed by atoms with E-state index in [0.717, 1.165) is 28.1 Å². The Morgan fingerprint density at radius 3 is 2.50 bits per heavy atom. The molecule has 3 rings (SSSR count). The van der Waals surface area contributed by atoms with E-state index in [9.17, 15) is 5.11 Å². The van der Waals surface area contributed by atoms with Crippen LogP contribution in [0.25, 0.3) is 11.1 Å². The first kappa shape index (κ1) is 14.6. The zero-order valence-corrected chi connectivity index (χ0v) is 12.6. The van der Waals surface area contributed by atoms with Gasteiger partial charge in [-0.1, -0.05) is 35.9 Å². The summed E-state index contributed by atoms with van der Waals surface area (Å²) >= 11 is 5.89. The van der Waals surface area contributed by atoms with Crippen LogP contribution in [0.15, 0.2) is 67.0 Å². The molecule has 0 atom stereocenters. The molecule has 2 aromatic carbocycles. The van der Waals surface area contributed by atoms with Crippen molar-refractivity contribution in [2.45, 2.75) is 6.61 Å². The molecule has 0 saturated carbocycles. The van der Waals surface area contributed by atoms with Crippen molar-refractivity contribution in [3.63, 3.8) is 0 Å². The van der Waals surface area contributed by atoms with Crippen molar-refractivity contribution < 1.29 is 5.11 Å². The van der Waals surface area contributed by atoms with Crippen molar-refractivity contribution in [2.24, 2.45) is 0 Å². The molecule has 0 radical (unpaired) electrons. The molecule has 1 aromatic heterocycles. The Bertz CT molecular complexity index is 772. The van der Waals surface area contributed by atoms with Gasteiger partial charge in [0.25, 0.3) is 0 Å². The molecule has 0 amide bonds. The van der Waals surface area contributed by atoms with Gasteiger partial charge in [-0.25, -0.2) is 0 Å². The van der Waals surface area contributed by atoms with E-state index in [1.165, 1.54) is 0 Å². The minimum Gasteiger partial charge on any atom is -0.392 e. The number of aromatic nitrogens is 1. The van der Waals surface area contributed by atoms with Crippen LogP contribution >= 0.6 is 11.6 Å². The van der Waals surface area contributed by atoms with Crippen molar-refractivity contribution >= 4 is 23.0 Å². The number of aliphatic hydroxyl groups excluding tert-OH is 1. The summed E-state index contributed by atoms with van der Waals surface area (Å²) in [6, 6.07) is 17.3. The number of nitrogens with one attached hydrogen (secondary N) is 1. The summed E-state index contributed by atoms with van der Waals surface area (Å²) in [7, 11) is 0. The highest BCUT2D eigenvalue weighted by molar-refractivity contribution is 6.30. The molecular formula is C18H15ClN2O. The lowest BCUT2D eigenvalue weighted by atomic mass is 10.0. The SMILES string of the molecule is OCc1ccccc1-c1cncc(Nc2ccc(Cl)cc2)c1. The van der Waals surface area contributed by atoms with E-state index in [0.29, 0.717) is 5.02 Å². The summed E-state index contributed by atoms with van der Waals surface area (Å²) in [4.78, 5) is 4.28. The molecule has 22 heavy (non-hydrogen) atoms. The van der Waals surface area contributed by atoms with Crippen LogP contribution < -0.4 is 5.32 Å². The van der Waals surface area contributed by atoms with Crippen molar-refractivity contribution in [2.75, 3.05) is 5.32 Å². The third-order valence-corrected chi connectivity index (χ3v) is 3.62. The molecule has 0 aliphatic carbocycles. The van der Waals surface area contributed by atoms with Crippen LogP contribution in [0.4, 0.5) is 11.4 Å². The molecule has 0 fully saturated rings. The van der Waals surface area contributed by atoms with Crippen LogP contribution in [0, 0.1) is 0 Å². The number of halogens is 1. The lowest BCUT2D eigenvalue weighted by molar-refractivity contribution is 0.282. The number of aliphatic hydroxyl groups is 1. The van der Waals surface area contributed by atoms with Crippen LogP contribution in [0.2, 0.25) is 5.02 Å². The molecule has 0 bridgehead atoms. The van der Waals surface area contributed by atoms with Crippen LogP contribution in [0.5, 0.6) is 0 Å². The zero-order valence-electron chi connectivity index (χ0n) is 11.8. The molecule has 0 aliphatic heterocycles. The molecule has 0 spiro atoms. The third-order valence-electron chi connectivity index (χ3n) is 3.37. The predicted molar refractivity (Wildman–Crippen MR) is 90.3 cm³/mol. The van der Waals surface area contributed by atoms with Gasteiger partial charge in [0.05, 0.1) is 18.5 Å². The quantitative estimate of drug-likeness (QED) is 0.738. The van der Waals surface area contributed by atoms with Gasteiger partial charge in [0, 0.05) is 22.5 Å².